The summed E-state index contributed by atoms with van der Waals surface area (Å²) < 4.78 is 80.3. The van der Waals surface area contributed by atoms with Gasteiger partial charge in [0.15, 0.2) is 0 Å². The zero-order valence-electron chi connectivity index (χ0n) is 20.0. The number of benzene rings is 1. The van der Waals surface area contributed by atoms with Gasteiger partial charge in [-0.15, -0.1) is 5.10 Å². The molecule has 2 heterocycles. The summed E-state index contributed by atoms with van der Waals surface area (Å²) in [5.41, 5.74) is 3.98. The monoisotopic (exact) mass is 515 g/mol. The quantitative estimate of drug-likeness (QED) is 0.394. The summed E-state index contributed by atoms with van der Waals surface area (Å²) in [6.45, 7) is 3.55. The highest BCUT2D eigenvalue weighted by Crippen LogP contribution is 2.37. The van der Waals surface area contributed by atoms with Crippen molar-refractivity contribution in [2.24, 2.45) is 12.8 Å². The van der Waals surface area contributed by atoms with Crippen LogP contribution in [0, 0.1) is 0 Å². The topological polar surface area (TPSA) is 85.8 Å². The van der Waals surface area contributed by atoms with Crippen LogP contribution in [0.1, 0.15) is 61.1 Å². The second-order valence-electron chi connectivity index (χ2n) is 8.88. The Morgan fingerprint density at radius 2 is 1.64 bits per heavy atom. The summed E-state index contributed by atoms with van der Waals surface area (Å²) in [5.74, 6) is 0.0329. The van der Waals surface area contributed by atoms with E-state index in [9.17, 15) is 26.3 Å². The largest absolute Gasteiger partial charge is 0.416 e. The number of nitrogens with two attached hydrogens (primary N) is 1. The van der Waals surface area contributed by atoms with Gasteiger partial charge in [0.25, 0.3) is 5.95 Å². The Balaban J connectivity index is 2.04. The lowest BCUT2D eigenvalue weighted by Crippen LogP contribution is -2.36. The number of anilines is 1. The van der Waals surface area contributed by atoms with E-state index in [2.05, 4.69) is 20.4 Å². The molecule has 36 heavy (non-hydrogen) atoms. The third kappa shape index (κ3) is 6.71. The van der Waals surface area contributed by atoms with Crippen molar-refractivity contribution in [2.45, 2.75) is 64.1 Å². The van der Waals surface area contributed by atoms with Crippen molar-refractivity contribution < 1.29 is 26.3 Å². The van der Waals surface area contributed by atoms with Crippen LogP contribution in [0.2, 0.25) is 0 Å². The van der Waals surface area contributed by atoms with Crippen LogP contribution in [-0.4, -0.2) is 25.2 Å². The fraction of sp³-hybridized carbons (Fsp3) is 0.478. The first-order chi connectivity index (χ1) is 16.7. The second kappa shape index (κ2) is 10.4. The average molecular weight is 516 g/mol. The highest BCUT2D eigenvalue weighted by Gasteiger charge is 2.37. The molecule has 2 N–H and O–H groups in total. The van der Waals surface area contributed by atoms with Crippen molar-refractivity contribution in [3.63, 3.8) is 0 Å². The van der Waals surface area contributed by atoms with Crippen molar-refractivity contribution in [2.75, 3.05) is 4.90 Å². The maximum absolute atomic E-state index is 13.4. The number of alkyl halides is 6. The van der Waals surface area contributed by atoms with Crippen LogP contribution in [0.4, 0.5) is 32.3 Å². The summed E-state index contributed by atoms with van der Waals surface area (Å²) in [7, 11) is 1.50. The van der Waals surface area contributed by atoms with Crippen molar-refractivity contribution >= 4 is 5.95 Å². The molecule has 196 valence electrons. The lowest BCUT2D eigenvalue weighted by Gasteiger charge is -2.29. The minimum Gasteiger partial charge on any atom is -0.329 e. The zero-order valence-corrected chi connectivity index (χ0v) is 20.0. The van der Waals surface area contributed by atoms with E-state index in [-0.39, 0.29) is 30.7 Å². The number of rotatable bonds is 9. The minimum atomic E-state index is -4.96. The maximum atomic E-state index is 13.4. The van der Waals surface area contributed by atoms with Gasteiger partial charge < -0.3 is 10.6 Å². The molecule has 0 amide bonds. The SMILES string of the molecule is CCCCC(C)(N)c1ncccc1CN(Cc1cc(C(F)(F)F)cc(C(F)(F)F)c1)c1nnn(C)n1. The van der Waals surface area contributed by atoms with Gasteiger partial charge in [0, 0.05) is 19.3 Å². The van der Waals surface area contributed by atoms with E-state index in [0.29, 0.717) is 29.8 Å². The molecule has 0 aliphatic heterocycles. The number of aromatic nitrogens is 5. The van der Waals surface area contributed by atoms with Crippen LogP contribution in [0.3, 0.4) is 0 Å². The molecule has 3 rings (SSSR count). The van der Waals surface area contributed by atoms with Crippen molar-refractivity contribution in [3.05, 3.63) is 64.5 Å². The molecule has 3 aromatic rings. The predicted molar refractivity (Wildman–Crippen MR) is 120 cm³/mol. The highest BCUT2D eigenvalue weighted by atomic mass is 19.4. The third-order valence-corrected chi connectivity index (χ3v) is 5.64. The lowest BCUT2D eigenvalue weighted by molar-refractivity contribution is -0.143. The number of unbranched alkanes of at least 4 members (excludes halogenated alkanes) is 1. The van der Waals surface area contributed by atoms with Crippen LogP contribution in [-0.2, 0) is 38.0 Å². The zero-order chi connectivity index (χ0) is 26.7. The number of pyridine rings is 1. The minimum absolute atomic E-state index is 0.0329. The first kappa shape index (κ1) is 27.4. The molecule has 0 fully saturated rings. The summed E-state index contributed by atoms with van der Waals surface area (Å²) >= 11 is 0. The first-order valence-corrected chi connectivity index (χ1v) is 11.2. The fourth-order valence-electron chi connectivity index (χ4n) is 3.88. The molecule has 1 unspecified atom stereocenters. The van der Waals surface area contributed by atoms with E-state index in [4.69, 9.17) is 5.73 Å². The third-order valence-electron chi connectivity index (χ3n) is 5.64. The van der Waals surface area contributed by atoms with Crippen LogP contribution in [0.5, 0.6) is 0 Å². The van der Waals surface area contributed by atoms with E-state index in [1.165, 1.54) is 11.9 Å². The smallest absolute Gasteiger partial charge is 0.329 e. The Kier molecular flexibility index (Phi) is 7.91. The van der Waals surface area contributed by atoms with E-state index < -0.39 is 29.0 Å². The van der Waals surface area contributed by atoms with Crippen LogP contribution in [0.15, 0.2) is 36.5 Å². The van der Waals surface area contributed by atoms with Gasteiger partial charge in [0.2, 0.25) is 0 Å². The molecule has 0 bridgehead atoms. The van der Waals surface area contributed by atoms with Gasteiger partial charge in [-0.2, -0.15) is 31.1 Å². The number of halogens is 6. The Bertz CT molecular complexity index is 1140. The molecule has 1 aromatic carbocycles. The van der Waals surface area contributed by atoms with Crippen LogP contribution >= 0.6 is 0 Å². The molecule has 0 saturated carbocycles. The fourth-order valence-corrected chi connectivity index (χ4v) is 3.88. The summed E-state index contributed by atoms with van der Waals surface area (Å²) in [6.07, 6.45) is -5.92. The molecule has 2 aromatic heterocycles. The molecule has 0 radical (unpaired) electrons. The van der Waals surface area contributed by atoms with E-state index in [0.717, 1.165) is 17.6 Å². The Morgan fingerprint density at radius 1 is 1.00 bits per heavy atom. The van der Waals surface area contributed by atoms with Gasteiger partial charge >= 0.3 is 12.4 Å². The van der Waals surface area contributed by atoms with Gasteiger partial charge in [-0.25, -0.2) is 0 Å². The molecule has 1 atom stereocenters. The van der Waals surface area contributed by atoms with Gasteiger partial charge in [-0.3, -0.25) is 4.98 Å². The average Bonchev–Trinajstić information content (AvgIpc) is 3.22. The molecular weight excluding hydrogens is 488 g/mol. The van der Waals surface area contributed by atoms with Gasteiger partial charge in [-0.1, -0.05) is 30.9 Å². The lowest BCUT2D eigenvalue weighted by atomic mass is 9.89. The summed E-state index contributed by atoms with van der Waals surface area (Å²) in [4.78, 5) is 7.03. The normalized spacial score (nSPS) is 14.1. The van der Waals surface area contributed by atoms with E-state index in [1.807, 2.05) is 13.8 Å². The maximum Gasteiger partial charge on any atom is 0.416 e. The number of hydrogen-bond acceptors (Lipinski definition) is 6. The predicted octanol–water partition coefficient (Wildman–Crippen LogP) is 5.21. The molecular formula is C23H27F6N7. The number of nitrogens with zero attached hydrogens (tertiary/aromatic N) is 6. The van der Waals surface area contributed by atoms with Gasteiger partial charge in [0.1, 0.15) is 0 Å². The molecule has 0 aliphatic carbocycles. The number of hydrogen-bond donors (Lipinski definition) is 1. The Hall–Kier alpha value is -3.22. The second-order valence-corrected chi connectivity index (χ2v) is 8.88. The molecule has 13 heteroatoms. The first-order valence-electron chi connectivity index (χ1n) is 11.2. The van der Waals surface area contributed by atoms with Gasteiger partial charge in [0.05, 0.1) is 29.4 Å². The Labute approximate surface area is 204 Å². The number of aryl methyl sites for hydroxylation is 1. The summed E-state index contributed by atoms with van der Waals surface area (Å²) in [5, 5.41) is 11.8. The molecule has 7 nitrogen and oxygen atoms in total. The number of tetrazole rings is 1. The van der Waals surface area contributed by atoms with Gasteiger partial charge in [-0.05, 0) is 54.0 Å². The van der Waals surface area contributed by atoms with E-state index in [1.54, 1.807) is 18.3 Å². The van der Waals surface area contributed by atoms with Crippen LogP contribution in [0.25, 0.3) is 0 Å². The van der Waals surface area contributed by atoms with Crippen molar-refractivity contribution in [1.82, 2.24) is 25.2 Å². The highest BCUT2D eigenvalue weighted by molar-refractivity contribution is 5.39. The summed E-state index contributed by atoms with van der Waals surface area (Å²) in [6, 6.07) is 4.93. The standard InChI is InChI=1S/C23H27F6N7/c1-4-5-8-21(2,30)19-16(7-6-9-31-19)14-36(20-32-34-35(3)33-20)13-15-10-17(22(24,25)26)12-18(11-15)23(27,28)29/h6-7,9-12H,4-5,8,13-14,30H2,1-3H3. The van der Waals surface area contributed by atoms with Crippen molar-refractivity contribution in [3.8, 4) is 0 Å². The molecule has 0 spiro atoms. The van der Waals surface area contributed by atoms with Crippen LogP contribution < -0.4 is 10.6 Å². The Morgan fingerprint density at radius 3 is 2.17 bits per heavy atom. The molecule has 0 aliphatic rings. The molecule has 0 saturated heterocycles. The van der Waals surface area contributed by atoms with E-state index >= 15 is 0 Å². The van der Waals surface area contributed by atoms with Crippen molar-refractivity contribution in [1.29, 1.82) is 0 Å².